The summed E-state index contributed by atoms with van der Waals surface area (Å²) < 4.78 is 0. The second-order valence-electron chi connectivity index (χ2n) is 2.97. The molecule has 2 nitrogen and oxygen atoms in total. The fourth-order valence-corrected chi connectivity index (χ4v) is 0.566. The zero-order chi connectivity index (χ0) is 7.49. The van der Waals surface area contributed by atoms with Crippen molar-refractivity contribution in [3.05, 3.63) is 0 Å². The van der Waals surface area contributed by atoms with E-state index in [0.717, 1.165) is 6.54 Å². The van der Waals surface area contributed by atoms with Gasteiger partial charge in [-0.05, 0) is 14.0 Å². The van der Waals surface area contributed by atoms with Gasteiger partial charge in [-0.3, -0.25) is 4.79 Å². The Labute approximate surface area is 68.8 Å². The number of hydrogen-bond donors (Lipinski definition) is 1. The van der Waals surface area contributed by atoms with Crippen LogP contribution in [0.15, 0.2) is 0 Å². The molecule has 0 aromatic carbocycles. The first-order valence-electron chi connectivity index (χ1n) is 3.16. The zero-order valence-electron chi connectivity index (χ0n) is 7.02. The van der Waals surface area contributed by atoms with Crippen LogP contribution in [0.3, 0.4) is 0 Å². The van der Waals surface area contributed by atoms with Gasteiger partial charge in [-0.2, -0.15) is 0 Å². The maximum atomic E-state index is 10.8. The molecule has 0 radical (unpaired) electrons. The second-order valence-corrected chi connectivity index (χ2v) is 2.97. The molecule has 0 aromatic heterocycles. The number of hydrogen-bond acceptors (Lipinski definition) is 2. The first-order valence-corrected chi connectivity index (χ1v) is 3.16. The minimum atomic E-state index is -0.200. The smallest absolute Gasteiger partial charge is 0.136 e. The molecule has 0 saturated carbocycles. The highest BCUT2D eigenvalue weighted by atomic mass is 35.5. The molecule has 0 heterocycles. The lowest BCUT2D eigenvalue weighted by molar-refractivity contribution is -0.124. The first-order chi connectivity index (χ1) is 4.00. The van der Waals surface area contributed by atoms with Crippen LogP contribution in [0.4, 0.5) is 0 Å². The molecule has 0 rings (SSSR count). The molecular formula is C7H16ClNO. The van der Waals surface area contributed by atoms with E-state index in [0.29, 0.717) is 0 Å². The summed E-state index contributed by atoms with van der Waals surface area (Å²) in [5.74, 6) is 0.233. The maximum absolute atomic E-state index is 10.8. The molecule has 0 bridgehead atoms. The van der Waals surface area contributed by atoms with Crippen molar-refractivity contribution in [1.82, 2.24) is 5.32 Å². The molecule has 10 heavy (non-hydrogen) atoms. The zero-order valence-corrected chi connectivity index (χ0v) is 7.84. The normalized spacial score (nSPS) is 10.4. The second kappa shape index (κ2) is 4.69. The third-order valence-electron chi connectivity index (χ3n) is 1.57. The lowest BCUT2D eigenvalue weighted by atomic mass is 9.89. The lowest BCUT2D eigenvalue weighted by Gasteiger charge is -2.19. The summed E-state index contributed by atoms with van der Waals surface area (Å²) in [4.78, 5) is 10.8. The third-order valence-corrected chi connectivity index (χ3v) is 1.57. The van der Waals surface area contributed by atoms with E-state index >= 15 is 0 Å². The number of carbonyl (C=O) groups is 1. The minimum Gasteiger partial charge on any atom is -0.319 e. The molecule has 0 spiro atoms. The van der Waals surface area contributed by atoms with Gasteiger partial charge in [0, 0.05) is 12.0 Å². The third kappa shape index (κ3) is 3.85. The summed E-state index contributed by atoms with van der Waals surface area (Å²) in [7, 11) is 1.85. The van der Waals surface area contributed by atoms with Crippen molar-refractivity contribution < 1.29 is 4.79 Å². The minimum absolute atomic E-state index is 0. The van der Waals surface area contributed by atoms with E-state index in [1.165, 1.54) is 0 Å². The number of Topliss-reactive ketones (excluding diaryl/α,β-unsaturated/α-hetero) is 1. The van der Waals surface area contributed by atoms with E-state index in [-0.39, 0.29) is 23.6 Å². The SMILES string of the molecule is CNCC(C)(C)C(C)=O.Cl. The van der Waals surface area contributed by atoms with Crippen molar-refractivity contribution in [2.24, 2.45) is 5.41 Å². The Morgan fingerprint density at radius 1 is 1.50 bits per heavy atom. The monoisotopic (exact) mass is 165 g/mol. The topological polar surface area (TPSA) is 29.1 Å². The number of ketones is 1. The predicted molar refractivity (Wildman–Crippen MR) is 45.6 cm³/mol. The van der Waals surface area contributed by atoms with Crippen LogP contribution in [-0.4, -0.2) is 19.4 Å². The van der Waals surface area contributed by atoms with Crippen molar-refractivity contribution in [3.8, 4) is 0 Å². The van der Waals surface area contributed by atoms with Crippen LogP contribution in [0.5, 0.6) is 0 Å². The molecule has 0 unspecified atom stereocenters. The average molecular weight is 166 g/mol. The van der Waals surface area contributed by atoms with Gasteiger partial charge in [0.25, 0.3) is 0 Å². The van der Waals surface area contributed by atoms with Gasteiger partial charge in [-0.25, -0.2) is 0 Å². The van der Waals surface area contributed by atoms with Crippen molar-refractivity contribution in [2.75, 3.05) is 13.6 Å². The molecule has 0 aliphatic rings. The molecule has 0 aromatic rings. The van der Waals surface area contributed by atoms with E-state index in [1.807, 2.05) is 20.9 Å². The van der Waals surface area contributed by atoms with Crippen molar-refractivity contribution in [2.45, 2.75) is 20.8 Å². The van der Waals surface area contributed by atoms with Crippen LogP contribution < -0.4 is 5.32 Å². The van der Waals surface area contributed by atoms with Crippen molar-refractivity contribution >= 4 is 18.2 Å². The number of nitrogens with one attached hydrogen (secondary N) is 1. The Kier molecular flexibility index (Phi) is 5.90. The van der Waals surface area contributed by atoms with Gasteiger partial charge >= 0.3 is 0 Å². The van der Waals surface area contributed by atoms with E-state index in [1.54, 1.807) is 6.92 Å². The molecule has 62 valence electrons. The Morgan fingerprint density at radius 2 is 1.90 bits per heavy atom. The van der Waals surface area contributed by atoms with Gasteiger partial charge < -0.3 is 5.32 Å². The standard InChI is InChI=1S/C7H15NO.ClH/c1-6(9)7(2,3)5-8-4;/h8H,5H2,1-4H3;1H. The van der Waals surface area contributed by atoms with Gasteiger partial charge in [-0.1, -0.05) is 13.8 Å². The number of carbonyl (C=O) groups excluding carboxylic acids is 1. The van der Waals surface area contributed by atoms with Crippen LogP contribution in [0, 0.1) is 5.41 Å². The maximum Gasteiger partial charge on any atom is 0.136 e. The van der Waals surface area contributed by atoms with Crippen molar-refractivity contribution in [3.63, 3.8) is 0 Å². The van der Waals surface area contributed by atoms with Crippen LogP contribution in [0.1, 0.15) is 20.8 Å². The van der Waals surface area contributed by atoms with E-state index in [4.69, 9.17) is 0 Å². The summed E-state index contributed by atoms with van der Waals surface area (Å²) in [6.07, 6.45) is 0. The molecule has 0 atom stereocenters. The Bertz CT molecular complexity index is 112. The molecule has 0 aliphatic carbocycles. The largest absolute Gasteiger partial charge is 0.319 e. The van der Waals surface area contributed by atoms with Gasteiger partial charge in [-0.15, -0.1) is 12.4 Å². The van der Waals surface area contributed by atoms with E-state index in [9.17, 15) is 4.79 Å². The molecule has 0 saturated heterocycles. The lowest BCUT2D eigenvalue weighted by Crippen LogP contribution is -2.32. The van der Waals surface area contributed by atoms with Crippen LogP contribution in [0.25, 0.3) is 0 Å². The fraction of sp³-hybridized carbons (Fsp3) is 0.857. The van der Waals surface area contributed by atoms with Crippen LogP contribution in [-0.2, 0) is 4.79 Å². The van der Waals surface area contributed by atoms with Crippen LogP contribution in [0.2, 0.25) is 0 Å². The van der Waals surface area contributed by atoms with Gasteiger partial charge in [0.1, 0.15) is 5.78 Å². The quantitative estimate of drug-likeness (QED) is 0.682. The molecule has 0 aliphatic heterocycles. The Balaban J connectivity index is 0. The molecule has 1 N–H and O–H groups in total. The number of rotatable bonds is 3. The van der Waals surface area contributed by atoms with Crippen molar-refractivity contribution in [1.29, 1.82) is 0 Å². The highest BCUT2D eigenvalue weighted by Crippen LogP contribution is 2.13. The van der Waals surface area contributed by atoms with Crippen LogP contribution >= 0.6 is 12.4 Å². The Hall–Kier alpha value is -0.0800. The van der Waals surface area contributed by atoms with Gasteiger partial charge in [0.2, 0.25) is 0 Å². The van der Waals surface area contributed by atoms with E-state index in [2.05, 4.69) is 5.32 Å². The number of halogens is 1. The molecule has 3 heteroatoms. The molecule has 0 fully saturated rings. The molecular weight excluding hydrogens is 150 g/mol. The Morgan fingerprint density at radius 3 is 2.00 bits per heavy atom. The summed E-state index contributed by atoms with van der Waals surface area (Å²) >= 11 is 0. The summed E-state index contributed by atoms with van der Waals surface area (Å²) in [6, 6.07) is 0. The summed E-state index contributed by atoms with van der Waals surface area (Å²) in [5, 5.41) is 2.97. The first kappa shape index (κ1) is 12.6. The van der Waals surface area contributed by atoms with Gasteiger partial charge in [0.15, 0.2) is 0 Å². The predicted octanol–water partition coefficient (Wildman–Crippen LogP) is 1.24. The molecule has 0 amide bonds. The van der Waals surface area contributed by atoms with E-state index < -0.39 is 0 Å². The summed E-state index contributed by atoms with van der Waals surface area (Å²) in [6.45, 7) is 6.25. The fourth-order valence-electron chi connectivity index (χ4n) is 0.566. The average Bonchev–Trinajstić information content (AvgIpc) is 1.65. The highest BCUT2D eigenvalue weighted by molar-refractivity contribution is 5.85. The highest BCUT2D eigenvalue weighted by Gasteiger charge is 2.21. The summed E-state index contributed by atoms with van der Waals surface area (Å²) in [5.41, 5.74) is -0.200. The van der Waals surface area contributed by atoms with Gasteiger partial charge in [0.05, 0.1) is 0 Å².